The molecule has 100 valence electrons. The fourth-order valence-electron chi connectivity index (χ4n) is 2.51. The van der Waals surface area contributed by atoms with Gasteiger partial charge in [0, 0.05) is 13.1 Å². The Hall–Kier alpha value is -1.06. The van der Waals surface area contributed by atoms with Gasteiger partial charge < -0.3 is 14.7 Å². The number of ether oxygens (including phenoxy) is 1. The Balaban J connectivity index is 1.70. The van der Waals surface area contributed by atoms with E-state index < -0.39 is 6.10 Å². The minimum atomic E-state index is -0.407. The summed E-state index contributed by atoms with van der Waals surface area (Å²) in [6.07, 6.45) is 2.15. The smallest absolute Gasteiger partial charge is 0.119 e. The van der Waals surface area contributed by atoms with Crippen LogP contribution in [0, 0.1) is 5.92 Å². The molecule has 2 atom stereocenters. The van der Waals surface area contributed by atoms with Gasteiger partial charge in [-0.1, -0.05) is 25.1 Å². The van der Waals surface area contributed by atoms with Gasteiger partial charge in [0.1, 0.15) is 18.5 Å². The fraction of sp³-hybridized carbons (Fsp3) is 0.600. The lowest BCUT2D eigenvalue weighted by atomic mass is 10.0. The highest BCUT2D eigenvalue weighted by atomic mass is 16.5. The van der Waals surface area contributed by atoms with Crippen molar-refractivity contribution in [2.24, 2.45) is 5.92 Å². The van der Waals surface area contributed by atoms with Crippen LogP contribution in [0.15, 0.2) is 30.3 Å². The summed E-state index contributed by atoms with van der Waals surface area (Å²) >= 11 is 0. The van der Waals surface area contributed by atoms with Gasteiger partial charge in [-0.3, -0.25) is 0 Å². The SMILES string of the molecule is C[C@H]1CCCN(C[C@H](O)COc2ccccc2)C1. The average Bonchev–Trinajstić information content (AvgIpc) is 2.38. The van der Waals surface area contributed by atoms with Gasteiger partial charge in [-0.05, 0) is 37.4 Å². The Morgan fingerprint density at radius 1 is 1.39 bits per heavy atom. The molecule has 1 saturated heterocycles. The first kappa shape index (κ1) is 13.4. The zero-order chi connectivity index (χ0) is 12.8. The second kappa shape index (κ2) is 6.76. The summed E-state index contributed by atoms with van der Waals surface area (Å²) in [7, 11) is 0. The van der Waals surface area contributed by atoms with Gasteiger partial charge in [0.15, 0.2) is 0 Å². The Morgan fingerprint density at radius 3 is 2.89 bits per heavy atom. The second-order valence-electron chi connectivity index (χ2n) is 5.28. The molecule has 0 radical (unpaired) electrons. The van der Waals surface area contributed by atoms with Crippen LogP contribution in [0.2, 0.25) is 0 Å². The highest BCUT2D eigenvalue weighted by molar-refractivity contribution is 5.20. The quantitative estimate of drug-likeness (QED) is 0.868. The average molecular weight is 249 g/mol. The summed E-state index contributed by atoms with van der Waals surface area (Å²) in [5, 5.41) is 9.98. The van der Waals surface area contributed by atoms with E-state index in [0.29, 0.717) is 6.61 Å². The molecule has 0 bridgehead atoms. The van der Waals surface area contributed by atoms with Crippen LogP contribution < -0.4 is 4.74 Å². The number of hydrogen-bond donors (Lipinski definition) is 1. The molecule has 0 saturated carbocycles. The van der Waals surface area contributed by atoms with E-state index in [9.17, 15) is 5.11 Å². The van der Waals surface area contributed by atoms with Gasteiger partial charge in [-0.25, -0.2) is 0 Å². The first-order valence-corrected chi connectivity index (χ1v) is 6.82. The van der Waals surface area contributed by atoms with Gasteiger partial charge in [-0.15, -0.1) is 0 Å². The van der Waals surface area contributed by atoms with Crippen molar-refractivity contribution < 1.29 is 9.84 Å². The Kier molecular flexibility index (Phi) is 5.02. The van der Waals surface area contributed by atoms with Crippen molar-refractivity contribution in [3.8, 4) is 5.75 Å². The number of aliphatic hydroxyl groups excluding tert-OH is 1. The molecule has 1 aromatic carbocycles. The first-order valence-electron chi connectivity index (χ1n) is 6.82. The lowest BCUT2D eigenvalue weighted by Crippen LogP contribution is -2.41. The van der Waals surface area contributed by atoms with Crippen LogP contribution in [0.5, 0.6) is 5.75 Å². The highest BCUT2D eigenvalue weighted by Gasteiger charge is 2.18. The number of aliphatic hydroxyl groups is 1. The number of nitrogens with zero attached hydrogens (tertiary/aromatic N) is 1. The highest BCUT2D eigenvalue weighted by Crippen LogP contribution is 2.15. The largest absolute Gasteiger partial charge is 0.491 e. The molecule has 1 aliphatic heterocycles. The van der Waals surface area contributed by atoms with E-state index in [1.807, 2.05) is 30.3 Å². The van der Waals surface area contributed by atoms with Crippen molar-refractivity contribution in [2.45, 2.75) is 25.9 Å². The molecule has 2 rings (SSSR count). The van der Waals surface area contributed by atoms with Gasteiger partial charge in [0.25, 0.3) is 0 Å². The molecule has 1 aliphatic rings. The van der Waals surface area contributed by atoms with Crippen LogP contribution in [-0.2, 0) is 0 Å². The third kappa shape index (κ3) is 4.31. The van der Waals surface area contributed by atoms with E-state index in [2.05, 4.69) is 11.8 Å². The Labute approximate surface area is 109 Å². The molecule has 0 aromatic heterocycles. The monoisotopic (exact) mass is 249 g/mol. The molecule has 1 N–H and O–H groups in total. The molecule has 0 amide bonds. The molecule has 18 heavy (non-hydrogen) atoms. The number of rotatable bonds is 5. The number of β-amino-alcohol motifs (C(OH)–C–C–N with tert-alkyl or cyclic N) is 1. The maximum Gasteiger partial charge on any atom is 0.119 e. The van der Waals surface area contributed by atoms with Crippen molar-refractivity contribution >= 4 is 0 Å². The summed E-state index contributed by atoms with van der Waals surface area (Å²) < 4.78 is 5.56. The van der Waals surface area contributed by atoms with E-state index in [4.69, 9.17) is 4.74 Å². The van der Waals surface area contributed by atoms with Crippen LogP contribution >= 0.6 is 0 Å². The predicted octanol–water partition coefficient (Wildman–Crippen LogP) is 2.16. The summed E-state index contributed by atoms with van der Waals surface area (Å²) in [5.74, 6) is 1.57. The van der Waals surface area contributed by atoms with E-state index in [-0.39, 0.29) is 0 Å². The summed E-state index contributed by atoms with van der Waals surface area (Å²) in [6.45, 7) is 5.57. The van der Waals surface area contributed by atoms with Crippen molar-refractivity contribution in [2.75, 3.05) is 26.2 Å². The molecular formula is C15H23NO2. The van der Waals surface area contributed by atoms with E-state index in [1.165, 1.54) is 12.8 Å². The molecular weight excluding hydrogens is 226 g/mol. The third-order valence-corrected chi connectivity index (χ3v) is 3.40. The minimum Gasteiger partial charge on any atom is -0.491 e. The molecule has 0 aliphatic carbocycles. The van der Waals surface area contributed by atoms with Crippen molar-refractivity contribution in [3.63, 3.8) is 0 Å². The van der Waals surface area contributed by atoms with Crippen LogP contribution in [0.3, 0.4) is 0 Å². The van der Waals surface area contributed by atoms with E-state index in [0.717, 1.165) is 31.3 Å². The number of likely N-dealkylation sites (tertiary alicyclic amines) is 1. The fourth-order valence-corrected chi connectivity index (χ4v) is 2.51. The molecule has 3 nitrogen and oxygen atoms in total. The standard InChI is InChI=1S/C15H23NO2/c1-13-6-5-9-16(10-13)11-14(17)12-18-15-7-3-2-4-8-15/h2-4,7-8,13-14,17H,5-6,9-12H2,1H3/t13-,14-/m0/s1. The lowest BCUT2D eigenvalue weighted by Gasteiger charge is -2.32. The molecule has 0 unspecified atom stereocenters. The number of hydrogen-bond acceptors (Lipinski definition) is 3. The predicted molar refractivity (Wildman–Crippen MR) is 72.8 cm³/mol. The molecule has 1 fully saturated rings. The van der Waals surface area contributed by atoms with Crippen LogP contribution in [0.4, 0.5) is 0 Å². The molecule has 1 aromatic rings. The zero-order valence-corrected chi connectivity index (χ0v) is 11.1. The summed E-state index contributed by atoms with van der Waals surface area (Å²) in [6, 6.07) is 9.66. The van der Waals surface area contributed by atoms with Crippen LogP contribution in [-0.4, -0.2) is 42.4 Å². The van der Waals surface area contributed by atoms with Gasteiger partial charge in [0.05, 0.1) is 0 Å². The summed E-state index contributed by atoms with van der Waals surface area (Å²) in [5.41, 5.74) is 0. The number of piperidine rings is 1. The first-order chi connectivity index (χ1) is 8.74. The minimum absolute atomic E-state index is 0.370. The second-order valence-corrected chi connectivity index (χ2v) is 5.28. The van der Waals surface area contributed by atoms with Crippen LogP contribution in [0.25, 0.3) is 0 Å². The van der Waals surface area contributed by atoms with Crippen molar-refractivity contribution in [1.29, 1.82) is 0 Å². The van der Waals surface area contributed by atoms with Gasteiger partial charge in [-0.2, -0.15) is 0 Å². The maximum absolute atomic E-state index is 9.98. The lowest BCUT2D eigenvalue weighted by molar-refractivity contribution is 0.0537. The molecule has 3 heteroatoms. The number of para-hydroxylation sites is 1. The van der Waals surface area contributed by atoms with Crippen molar-refractivity contribution in [3.05, 3.63) is 30.3 Å². The van der Waals surface area contributed by atoms with E-state index in [1.54, 1.807) is 0 Å². The number of benzene rings is 1. The third-order valence-electron chi connectivity index (χ3n) is 3.40. The Morgan fingerprint density at radius 2 is 2.17 bits per heavy atom. The molecule has 0 spiro atoms. The Bertz CT molecular complexity index is 342. The maximum atomic E-state index is 9.98. The normalized spacial score (nSPS) is 22.7. The molecule has 1 heterocycles. The van der Waals surface area contributed by atoms with Gasteiger partial charge in [0.2, 0.25) is 0 Å². The van der Waals surface area contributed by atoms with Crippen LogP contribution in [0.1, 0.15) is 19.8 Å². The van der Waals surface area contributed by atoms with Gasteiger partial charge >= 0.3 is 0 Å². The summed E-state index contributed by atoms with van der Waals surface area (Å²) in [4.78, 5) is 2.34. The van der Waals surface area contributed by atoms with Crippen molar-refractivity contribution in [1.82, 2.24) is 4.90 Å². The topological polar surface area (TPSA) is 32.7 Å². The zero-order valence-electron chi connectivity index (χ0n) is 11.1. The van der Waals surface area contributed by atoms with E-state index >= 15 is 0 Å².